The summed E-state index contributed by atoms with van der Waals surface area (Å²) in [6.45, 7) is 0.514. The summed E-state index contributed by atoms with van der Waals surface area (Å²) in [5.41, 5.74) is 3.83. The molecule has 152 valence electrons. The number of para-hydroxylation sites is 2. The summed E-state index contributed by atoms with van der Waals surface area (Å²) in [6.07, 6.45) is 0. The van der Waals surface area contributed by atoms with E-state index in [4.69, 9.17) is 4.74 Å². The van der Waals surface area contributed by atoms with Gasteiger partial charge in [-0.3, -0.25) is 4.79 Å². The van der Waals surface area contributed by atoms with Crippen LogP contribution in [0.5, 0.6) is 5.75 Å². The molecule has 0 saturated heterocycles. The second-order valence-electron chi connectivity index (χ2n) is 7.71. The quantitative estimate of drug-likeness (QED) is 0.434. The Bertz CT molecular complexity index is 1220. The van der Waals surface area contributed by atoms with E-state index in [1.54, 1.807) is 7.11 Å². The maximum absolute atomic E-state index is 14.4. The molecule has 31 heavy (non-hydrogen) atoms. The van der Waals surface area contributed by atoms with Gasteiger partial charge in [0, 0.05) is 16.8 Å². The van der Waals surface area contributed by atoms with E-state index in [2.05, 4.69) is 18.2 Å². The Morgan fingerprint density at radius 3 is 2.00 bits per heavy atom. The number of hydrogen-bond acceptors (Lipinski definition) is 2. The molecule has 1 aliphatic heterocycles. The van der Waals surface area contributed by atoms with Gasteiger partial charge in [-0.2, -0.15) is 0 Å². The average molecular weight is 405 g/mol. The van der Waals surface area contributed by atoms with E-state index in [1.165, 1.54) is 0 Å². The summed E-state index contributed by atoms with van der Waals surface area (Å²) >= 11 is 0. The number of ether oxygens (including phenoxy) is 1. The molecule has 1 heterocycles. The summed E-state index contributed by atoms with van der Waals surface area (Å²) in [6, 6.07) is 36.1. The lowest BCUT2D eigenvalue weighted by Crippen LogP contribution is -2.42. The van der Waals surface area contributed by atoms with E-state index in [0.717, 1.165) is 27.9 Å². The van der Waals surface area contributed by atoms with E-state index >= 15 is 0 Å². The number of nitrogens with zero attached hydrogens (tertiary/aromatic N) is 1. The van der Waals surface area contributed by atoms with Crippen molar-refractivity contribution in [2.45, 2.75) is 12.0 Å². The average Bonchev–Trinajstić information content (AvgIpc) is 3.09. The van der Waals surface area contributed by atoms with E-state index in [-0.39, 0.29) is 5.91 Å². The minimum atomic E-state index is -0.973. The molecule has 0 aliphatic carbocycles. The first-order chi connectivity index (χ1) is 15.3. The normalized spacial score (nSPS) is 17.5. The van der Waals surface area contributed by atoms with Gasteiger partial charge in [-0.1, -0.05) is 97.1 Å². The number of benzene rings is 4. The van der Waals surface area contributed by atoms with Gasteiger partial charge in [0.15, 0.2) is 0 Å². The first-order valence-electron chi connectivity index (χ1n) is 10.4. The Kier molecular flexibility index (Phi) is 4.79. The fourth-order valence-corrected chi connectivity index (χ4v) is 4.71. The van der Waals surface area contributed by atoms with Gasteiger partial charge >= 0.3 is 0 Å². The molecule has 0 bridgehead atoms. The van der Waals surface area contributed by atoms with E-state index in [0.29, 0.717) is 12.3 Å². The van der Waals surface area contributed by atoms with Crippen LogP contribution < -0.4 is 9.64 Å². The maximum atomic E-state index is 14.4. The molecule has 0 saturated carbocycles. The largest absolute Gasteiger partial charge is 0.496 e. The van der Waals surface area contributed by atoms with Gasteiger partial charge < -0.3 is 9.64 Å². The van der Waals surface area contributed by atoms with Gasteiger partial charge in [0.05, 0.1) is 13.7 Å². The third-order valence-electron chi connectivity index (χ3n) is 6.07. The summed E-state index contributed by atoms with van der Waals surface area (Å²) in [7, 11) is 1.66. The third-order valence-corrected chi connectivity index (χ3v) is 6.07. The van der Waals surface area contributed by atoms with Crippen LogP contribution in [0.25, 0.3) is 0 Å². The molecule has 1 atom stereocenters. The molecule has 0 N–H and O–H groups in total. The number of amides is 1. The minimum Gasteiger partial charge on any atom is -0.496 e. The van der Waals surface area contributed by atoms with Gasteiger partial charge in [0.1, 0.15) is 11.2 Å². The topological polar surface area (TPSA) is 29.5 Å². The van der Waals surface area contributed by atoms with Gasteiger partial charge in [-0.05, 0) is 23.3 Å². The molecule has 1 aliphatic rings. The highest BCUT2D eigenvalue weighted by Crippen LogP contribution is 2.52. The van der Waals surface area contributed by atoms with Crippen molar-refractivity contribution in [3.63, 3.8) is 0 Å². The number of methoxy groups -OCH3 is 1. The summed E-state index contributed by atoms with van der Waals surface area (Å²) in [4.78, 5) is 16.3. The molecule has 3 nitrogen and oxygen atoms in total. The highest BCUT2D eigenvalue weighted by Gasteiger charge is 2.54. The van der Waals surface area contributed by atoms with Crippen LogP contribution in [0.4, 0.5) is 5.69 Å². The van der Waals surface area contributed by atoms with Crippen LogP contribution in [0.1, 0.15) is 22.3 Å². The lowest BCUT2D eigenvalue weighted by atomic mass is 9.70. The molecule has 0 fully saturated rings. The molecule has 1 unspecified atom stereocenters. The zero-order valence-electron chi connectivity index (χ0n) is 17.4. The predicted octanol–water partition coefficient (Wildman–Crippen LogP) is 5.58. The smallest absolute Gasteiger partial charge is 0.247 e. The Balaban J connectivity index is 1.80. The number of carbonyl (C=O) groups is 1. The van der Waals surface area contributed by atoms with Crippen molar-refractivity contribution in [2.75, 3.05) is 12.0 Å². The van der Waals surface area contributed by atoms with E-state index in [1.807, 2.05) is 95.9 Å². The van der Waals surface area contributed by atoms with Gasteiger partial charge in [0.25, 0.3) is 0 Å². The predicted molar refractivity (Wildman–Crippen MR) is 123 cm³/mol. The third kappa shape index (κ3) is 2.93. The molecular weight excluding hydrogens is 382 g/mol. The number of fused-ring (bicyclic) bond motifs is 1. The van der Waals surface area contributed by atoms with Crippen LogP contribution in [-0.4, -0.2) is 13.0 Å². The first kappa shape index (κ1) is 19.1. The van der Waals surface area contributed by atoms with Crippen molar-refractivity contribution in [3.8, 4) is 5.75 Å². The van der Waals surface area contributed by atoms with Crippen molar-refractivity contribution in [1.29, 1.82) is 0 Å². The zero-order valence-corrected chi connectivity index (χ0v) is 17.4. The van der Waals surface area contributed by atoms with Gasteiger partial charge in [-0.25, -0.2) is 0 Å². The van der Waals surface area contributed by atoms with Crippen molar-refractivity contribution in [3.05, 3.63) is 131 Å². The zero-order chi connectivity index (χ0) is 21.3. The number of hydrogen-bond donors (Lipinski definition) is 0. The standard InChI is InChI=1S/C28H23NO2/c1-31-26-19-11-9-17-24(26)28(22-14-6-3-7-15-22)23-16-8-10-18-25(23)29(27(28)30)20-21-12-4-2-5-13-21/h2-19H,20H2,1H3. The van der Waals surface area contributed by atoms with Gasteiger partial charge in [0.2, 0.25) is 5.91 Å². The van der Waals surface area contributed by atoms with Crippen molar-refractivity contribution >= 4 is 11.6 Å². The Morgan fingerprint density at radius 1 is 0.710 bits per heavy atom. The number of carbonyl (C=O) groups excluding carboxylic acids is 1. The SMILES string of the molecule is COc1ccccc1C1(c2ccccc2)C(=O)N(Cc2ccccc2)c2ccccc21. The fraction of sp³-hybridized carbons (Fsp3) is 0.107. The van der Waals surface area contributed by atoms with Gasteiger partial charge in [-0.15, -0.1) is 0 Å². The molecule has 5 rings (SSSR count). The molecule has 4 aromatic rings. The second kappa shape index (κ2) is 7.77. The molecule has 4 aromatic carbocycles. The second-order valence-corrected chi connectivity index (χ2v) is 7.71. The summed E-state index contributed by atoms with van der Waals surface area (Å²) in [5.74, 6) is 0.740. The fourth-order valence-electron chi connectivity index (χ4n) is 4.71. The number of rotatable bonds is 5. The van der Waals surface area contributed by atoms with E-state index in [9.17, 15) is 4.79 Å². The van der Waals surface area contributed by atoms with Crippen molar-refractivity contribution < 1.29 is 9.53 Å². The van der Waals surface area contributed by atoms with Crippen LogP contribution in [0.2, 0.25) is 0 Å². The maximum Gasteiger partial charge on any atom is 0.247 e. The Hall–Kier alpha value is -3.85. The number of anilines is 1. The monoisotopic (exact) mass is 405 g/mol. The lowest BCUT2D eigenvalue weighted by Gasteiger charge is -2.31. The van der Waals surface area contributed by atoms with Crippen LogP contribution in [0.3, 0.4) is 0 Å². The van der Waals surface area contributed by atoms with Crippen LogP contribution >= 0.6 is 0 Å². The van der Waals surface area contributed by atoms with Crippen LogP contribution in [0, 0.1) is 0 Å². The first-order valence-corrected chi connectivity index (χ1v) is 10.4. The molecular formula is C28H23NO2. The molecule has 1 amide bonds. The lowest BCUT2D eigenvalue weighted by molar-refractivity contribution is -0.120. The summed E-state index contributed by atoms with van der Waals surface area (Å²) in [5, 5.41) is 0. The highest BCUT2D eigenvalue weighted by molar-refractivity contribution is 6.13. The Morgan fingerprint density at radius 2 is 1.29 bits per heavy atom. The molecule has 0 radical (unpaired) electrons. The van der Waals surface area contributed by atoms with E-state index < -0.39 is 5.41 Å². The summed E-state index contributed by atoms with van der Waals surface area (Å²) < 4.78 is 5.75. The minimum absolute atomic E-state index is 0.0354. The van der Waals surface area contributed by atoms with Crippen LogP contribution in [-0.2, 0) is 16.8 Å². The molecule has 3 heteroatoms. The van der Waals surface area contributed by atoms with Crippen molar-refractivity contribution in [2.24, 2.45) is 0 Å². The Labute approximate surface area is 182 Å². The molecule has 0 spiro atoms. The van der Waals surface area contributed by atoms with Crippen LogP contribution in [0.15, 0.2) is 109 Å². The molecule has 0 aromatic heterocycles. The highest BCUT2D eigenvalue weighted by atomic mass is 16.5. The van der Waals surface area contributed by atoms with Crippen molar-refractivity contribution in [1.82, 2.24) is 0 Å².